The predicted molar refractivity (Wildman–Crippen MR) is 87.3 cm³/mol. The van der Waals surface area contributed by atoms with Crippen LogP contribution in [-0.2, 0) is 4.79 Å². The van der Waals surface area contributed by atoms with Gasteiger partial charge >= 0.3 is 0 Å². The van der Waals surface area contributed by atoms with Crippen LogP contribution in [-0.4, -0.2) is 57.5 Å². The molecule has 2 aliphatic rings. The van der Waals surface area contributed by atoms with Gasteiger partial charge in [-0.15, -0.1) is 0 Å². The highest BCUT2D eigenvalue weighted by molar-refractivity contribution is 5.95. The smallest absolute Gasteiger partial charge is 0.289 e. The van der Waals surface area contributed by atoms with Gasteiger partial charge in [0.15, 0.2) is 5.82 Å². The fourth-order valence-electron chi connectivity index (χ4n) is 3.82. The summed E-state index contributed by atoms with van der Waals surface area (Å²) >= 11 is 0. The Morgan fingerprint density at radius 1 is 1.38 bits per heavy atom. The summed E-state index contributed by atoms with van der Waals surface area (Å²) in [6.07, 6.45) is 1.11. The fraction of sp³-hybridized carbons (Fsp3) is 0.471. The molecule has 4 rings (SSSR count). The number of benzene rings is 1. The van der Waals surface area contributed by atoms with Crippen LogP contribution in [0, 0.1) is 5.41 Å². The number of aromatic nitrogens is 2. The van der Waals surface area contributed by atoms with Crippen LogP contribution in [0.5, 0.6) is 0 Å². The van der Waals surface area contributed by atoms with E-state index < -0.39 is 11.5 Å². The number of para-hydroxylation sites is 2. The Morgan fingerprint density at radius 3 is 3.00 bits per heavy atom. The van der Waals surface area contributed by atoms with Crippen LogP contribution >= 0.6 is 0 Å². The van der Waals surface area contributed by atoms with E-state index >= 15 is 0 Å². The molecule has 2 amide bonds. The molecule has 1 spiro atoms. The van der Waals surface area contributed by atoms with E-state index in [9.17, 15) is 14.7 Å². The van der Waals surface area contributed by atoms with Crippen LogP contribution in [0.1, 0.15) is 29.9 Å². The normalized spacial score (nSPS) is 27.5. The lowest BCUT2D eigenvalue weighted by Gasteiger charge is -2.46. The molecule has 24 heavy (non-hydrogen) atoms. The first-order chi connectivity index (χ1) is 11.6. The minimum Gasteiger partial charge on any atom is -0.392 e. The van der Waals surface area contributed by atoms with Crippen molar-refractivity contribution < 1.29 is 14.7 Å². The number of aliphatic hydroxyl groups is 1. The molecule has 1 aromatic heterocycles. The molecule has 7 nitrogen and oxygen atoms in total. The number of aromatic amines is 1. The van der Waals surface area contributed by atoms with Crippen molar-refractivity contribution in [3.05, 3.63) is 30.1 Å². The average molecular weight is 328 g/mol. The van der Waals surface area contributed by atoms with Crippen molar-refractivity contribution in [3.63, 3.8) is 0 Å². The fourth-order valence-corrected chi connectivity index (χ4v) is 3.82. The predicted octanol–water partition coefficient (Wildman–Crippen LogP) is 0.666. The first kappa shape index (κ1) is 15.1. The largest absolute Gasteiger partial charge is 0.392 e. The van der Waals surface area contributed by atoms with Gasteiger partial charge in [-0.25, -0.2) is 4.98 Å². The van der Waals surface area contributed by atoms with Gasteiger partial charge in [-0.05, 0) is 31.4 Å². The Hall–Kier alpha value is -2.41. The summed E-state index contributed by atoms with van der Waals surface area (Å²) < 4.78 is 0. The van der Waals surface area contributed by atoms with E-state index in [1.807, 2.05) is 24.3 Å². The summed E-state index contributed by atoms with van der Waals surface area (Å²) in [5.41, 5.74) is 0.657. The van der Waals surface area contributed by atoms with Crippen LogP contribution in [0.4, 0.5) is 0 Å². The lowest BCUT2D eigenvalue weighted by atomic mass is 9.71. The molecular formula is C17H20N4O3. The van der Waals surface area contributed by atoms with E-state index in [4.69, 9.17) is 0 Å². The van der Waals surface area contributed by atoms with E-state index in [1.165, 1.54) is 0 Å². The first-order valence-electron chi connectivity index (χ1n) is 8.30. The van der Waals surface area contributed by atoms with Crippen molar-refractivity contribution in [2.45, 2.75) is 25.4 Å². The number of imidazole rings is 1. The van der Waals surface area contributed by atoms with Gasteiger partial charge in [-0.3, -0.25) is 9.59 Å². The number of carbonyl (C=O) groups excluding carboxylic acids is 2. The summed E-state index contributed by atoms with van der Waals surface area (Å²) in [5, 5.41) is 13.3. The van der Waals surface area contributed by atoms with Crippen LogP contribution in [0.2, 0.25) is 0 Å². The Labute approximate surface area is 139 Å². The maximum Gasteiger partial charge on any atom is 0.289 e. The number of amides is 2. The monoisotopic (exact) mass is 328 g/mol. The Kier molecular flexibility index (Phi) is 3.53. The van der Waals surface area contributed by atoms with Gasteiger partial charge in [0, 0.05) is 19.6 Å². The Morgan fingerprint density at radius 2 is 2.21 bits per heavy atom. The van der Waals surface area contributed by atoms with Crippen LogP contribution < -0.4 is 5.32 Å². The van der Waals surface area contributed by atoms with Gasteiger partial charge in [0.05, 0.1) is 22.6 Å². The van der Waals surface area contributed by atoms with Crippen LogP contribution in [0.3, 0.4) is 0 Å². The average Bonchev–Trinajstić information content (AvgIpc) is 3.03. The molecule has 2 aromatic rings. The number of nitrogens with zero attached hydrogens (tertiary/aromatic N) is 2. The highest BCUT2D eigenvalue weighted by Gasteiger charge is 2.50. The van der Waals surface area contributed by atoms with E-state index in [2.05, 4.69) is 15.3 Å². The van der Waals surface area contributed by atoms with Crippen molar-refractivity contribution in [1.82, 2.24) is 20.2 Å². The standard InChI is InChI=1S/C17H20N4O3/c22-13-6-9-21(10-17(13)7-3-8-18-16(17)24)15(23)14-19-11-4-1-2-5-12(11)20-14/h1-2,4-5,13,22H,3,6-10H2,(H,18,24)(H,19,20)/t13-,17+/m0/s1. The minimum atomic E-state index is -0.891. The van der Waals surface area contributed by atoms with E-state index in [1.54, 1.807) is 4.90 Å². The zero-order valence-corrected chi connectivity index (χ0v) is 13.3. The molecule has 3 heterocycles. The van der Waals surface area contributed by atoms with Crippen molar-refractivity contribution in [1.29, 1.82) is 0 Å². The van der Waals surface area contributed by atoms with Crippen LogP contribution in [0.15, 0.2) is 24.3 Å². The van der Waals surface area contributed by atoms with Crippen molar-refractivity contribution in [2.24, 2.45) is 5.41 Å². The number of H-pyrrole nitrogens is 1. The molecule has 2 saturated heterocycles. The summed E-state index contributed by atoms with van der Waals surface area (Å²) in [4.78, 5) is 34.2. The molecule has 1 aromatic carbocycles. The maximum absolute atomic E-state index is 12.8. The first-order valence-corrected chi connectivity index (χ1v) is 8.30. The number of likely N-dealkylation sites (tertiary alicyclic amines) is 1. The number of carbonyl (C=O) groups is 2. The quantitative estimate of drug-likeness (QED) is 0.716. The summed E-state index contributed by atoms with van der Waals surface area (Å²) in [5.74, 6) is -0.0989. The second kappa shape index (κ2) is 5.59. The number of hydrogen-bond acceptors (Lipinski definition) is 4. The second-order valence-corrected chi connectivity index (χ2v) is 6.65. The Balaban J connectivity index is 1.61. The van der Waals surface area contributed by atoms with Gasteiger partial charge in [0.1, 0.15) is 0 Å². The molecule has 0 aliphatic carbocycles. The number of hydrogen-bond donors (Lipinski definition) is 3. The molecule has 0 radical (unpaired) electrons. The lowest BCUT2D eigenvalue weighted by molar-refractivity contribution is -0.147. The molecule has 2 aliphatic heterocycles. The molecule has 2 fully saturated rings. The molecule has 3 N–H and O–H groups in total. The molecule has 126 valence electrons. The zero-order chi connectivity index (χ0) is 16.7. The van der Waals surface area contributed by atoms with Gasteiger partial charge in [0.25, 0.3) is 5.91 Å². The summed E-state index contributed by atoms with van der Waals surface area (Å²) in [7, 11) is 0. The molecule has 2 atom stereocenters. The lowest BCUT2D eigenvalue weighted by Crippen LogP contribution is -2.62. The topological polar surface area (TPSA) is 98.3 Å². The van der Waals surface area contributed by atoms with Crippen LogP contribution in [0.25, 0.3) is 11.0 Å². The third kappa shape index (κ3) is 2.27. The number of piperidine rings is 2. The molecular weight excluding hydrogens is 308 g/mol. The molecule has 7 heteroatoms. The molecule has 0 bridgehead atoms. The molecule has 0 saturated carbocycles. The van der Waals surface area contributed by atoms with Crippen molar-refractivity contribution in [2.75, 3.05) is 19.6 Å². The van der Waals surface area contributed by atoms with Crippen molar-refractivity contribution in [3.8, 4) is 0 Å². The van der Waals surface area contributed by atoms with Gasteiger partial charge in [0.2, 0.25) is 5.91 Å². The SMILES string of the molecule is O=C(c1nc2ccccc2[nH]1)N1CC[C@H](O)[C@@]2(CCCNC2=O)C1. The Bertz CT molecular complexity index is 769. The summed E-state index contributed by atoms with van der Waals surface area (Å²) in [6.45, 7) is 1.28. The van der Waals surface area contributed by atoms with E-state index in [0.717, 1.165) is 17.5 Å². The highest BCUT2D eigenvalue weighted by atomic mass is 16.3. The number of rotatable bonds is 1. The molecule has 0 unspecified atom stereocenters. The van der Waals surface area contributed by atoms with Gasteiger partial charge in [-0.2, -0.15) is 0 Å². The summed E-state index contributed by atoms with van der Waals surface area (Å²) in [6, 6.07) is 7.47. The van der Waals surface area contributed by atoms with Gasteiger partial charge in [-0.1, -0.05) is 12.1 Å². The number of fused-ring (bicyclic) bond motifs is 1. The maximum atomic E-state index is 12.8. The number of aliphatic hydroxyl groups excluding tert-OH is 1. The van der Waals surface area contributed by atoms with Crippen molar-refractivity contribution >= 4 is 22.8 Å². The second-order valence-electron chi connectivity index (χ2n) is 6.65. The van der Waals surface area contributed by atoms with E-state index in [0.29, 0.717) is 25.9 Å². The zero-order valence-electron chi connectivity index (χ0n) is 13.3. The highest BCUT2D eigenvalue weighted by Crippen LogP contribution is 2.37. The minimum absolute atomic E-state index is 0.150. The third-order valence-electron chi connectivity index (χ3n) is 5.20. The number of nitrogens with one attached hydrogen (secondary N) is 2. The van der Waals surface area contributed by atoms with Gasteiger partial charge < -0.3 is 20.3 Å². The third-order valence-corrected chi connectivity index (χ3v) is 5.20. The van der Waals surface area contributed by atoms with E-state index in [-0.39, 0.29) is 24.2 Å².